The molecular formula is C21H17ClN4. The van der Waals surface area contributed by atoms with Crippen LogP contribution in [0.2, 0.25) is 5.02 Å². The van der Waals surface area contributed by atoms with Crippen LogP contribution in [0.1, 0.15) is 11.3 Å². The molecular weight excluding hydrogens is 344 g/mol. The number of para-hydroxylation sites is 1. The van der Waals surface area contributed by atoms with Gasteiger partial charge in [0.1, 0.15) is 5.82 Å². The first-order valence-corrected chi connectivity index (χ1v) is 8.75. The van der Waals surface area contributed by atoms with Gasteiger partial charge in [0.05, 0.1) is 5.52 Å². The first-order chi connectivity index (χ1) is 12.7. The van der Waals surface area contributed by atoms with Crippen LogP contribution < -0.4 is 5.32 Å². The summed E-state index contributed by atoms with van der Waals surface area (Å²) in [5.41, 5.74) is 3.88. The van der Waals surface area contributed by atoms with Gasteiger partial charge in [-0.1, -0.05) is 35.9 Å². The first-order valence-electron chi connectivity index (χ1n) is 8.38. The molecule has 2 aromatic heterocycles. The number of rotatable bonds is 4. The molecule has 2 heterocycles. The van der Waals surface area contributed by atoms with Crippen LogP contribution in [0.3, 0.4) is 0 Å². The number of benzene rings is 2. The van der Waals surface area contributed by atoms with E-state index in [0.29, 0.717) is 12.4 Å². The predicted octanol–water partition coefficient (Wildman–Crippen LogP) is 5.27. The number of halogens is 1. The Labute approximate surface area is 156 Å². The second-order valence-corrected chi connectivity index (χ2v) is 6.47. The van der Waals surface area contributed by atoms with Crippen LogP contribution in [0.25, 0.3) is 22.3 Å². The van der Waals surface area contributed by atoms with Crippen LogP contribution in [0, 0.1) is 6.92 Å². The number of fused-ring (bicyclic) bond motifs is 1. The van der Waals surface area contributed by atoms with Crippen molar-refractivity contribution in [3.05, 3.63) is 83.1 Å². The van der Waals surface area contributed by atoms with Crippen molar-refractivity contribution >= 4 is 28.3 Å². The van der Waals surface area contributed by atoms with E-state index in [1.165, 1.54) is 0 Å². The van der Waals surface area contributed by atoms with Gasteiger partial charge in [0.25, 0.3) is 0 Å². The summed E-state index contributed by atoms with van der Waals surface area (Å²) in [6, 6.07) is 19.7. The minimum atomic E-state index is 0.656. The Morgan fingerprint density at radius 1 is 0.923 bits per heavy atom. The average molecular weight is 361 g/mol. The smallest absolute Gasteiger partial charge is 0.163 e. The van der Waals surface area contributed by atoms with Crippen LogP contribution in [-0.4, -0.2) is 15.0 Å². The van der Waals surface area contributed by atoms with E-state index >= 15 is 0 Å². The molecule has 0 atom stereocenters. The van der Waals surface area contributed by atoms with Gasteiger partial charge in [0.15, 0.2) is 5.82 Å². The molecule has 0 bridgehead atoms. The molecule has 0 aliphatic heterocycles. The fraction of sp³-hybridized carbons (Fsp3) is 0.0952. The zero-order chi connectivity index (χ0) is 17.9. The number of aromatic nitrogens is 3. The molecule has 0 fully saturated rings. The van der Waals surface area contributed by atoms with Crippen molar-refractivity contribution in [2.45, 2.75) is 13.5 Å². The van der Waals surface area contributed by atoms with Gasteiger partial charge >= 0.3 is 0 Å². The molecule has 4 nitrogen and oxygen atoms in total. The highest BCUT2D eigenvalue weighted by Crippen LogP contribution is 2.26. The van der Waals surface area contributed by atoms with E-state index < -0.39 is 0 Å². The molecule has 4 aromatic rings. The normalized spacial score (nSPS) is 10.8. The fourth-order valence-electron chi connectivity index (χ4n) is 2.84. The SMILES string of the molecule is Cc1ncccc1-c1nc(NCc2ccc(Cl)cc2)c2ccccc2n1. The van der Waals surface area contributed by atoms with Crippen molar-refractivity contribution in [1.29, 1.82) is 0 Å². The Hall–Kier alpha value is -2.98. The highest BCUT2D eigenvalue weighted by molar-refractivity contribution is 6.30. The molecule has 0 amide bonds. The fourth-order valence-corrected chi connectivity index (χ4v) is 2.97. The van der Waals surface area contributed by atoms with Crippen molar-refractivity contribution in [3.63, 3.8) is 0 Å². The molecule has 0 saturated heterocycles. The molecule has 0 aliphatic rings. The van der Waals surface area contributed by atoms with Crippen LogP contribution in [0.5, 0.6) is 0 Å². The third-order valence-corrected chi connectivity index (χ3v) is 4.48. The van der Waals surface area contributed by atoms with Gasteiger partial charge in [-0.25, -0.2) is 9.97 Å². The Morgan fingerprint density at radius 3 is 2.54 bits per heavy atom. The molecule has 0 spiro atoms. The van der Waals surface area contributed by atoms with Crippen LogP contribution >= 0.6 is 11.6 Å². The zero-order valence-electron chi connectivity index (χ0n) is 14.3. The van der Waals surface area contributed by atoms with Crippen LogP contribution in [0.4, 0.5) is 5.82 Å². The summed E-state index contributed by atoms with van der Waals surface area (Å²) in [7, 11) is 0. The van der Waals surface area contributed by atoms with E-state index in [-0.39, 0.29) is 0 Å². The average Bonchev–Trinajstić information content (AvgIpc) is 2.67. The van der Waals surface area contributed by atoms with Gasteiger partial charge in [-0.3, -0.25) is 4.98 Å². The van der Waals surface area contributed by atoms with Crippen molar-refractivity contribution < 1.29 is 0 Å². The van der Waals surface area contributed by atoms with E-state index in [4.69, 9.17) is 21.6 Å². The topological polar surface area (TPSA) is 50.7 Å². The summed E-state index contributed by atoms with van der Waals surface area (Å²) in [4.78, 5) is 13.9. The van der Waals surface area contributed by atoms with Gasteiger partial charge in [-0.05, 0) is 48.9 Å². The van der Waals surface area contributed by atoms with E-state index in [2.05, 4.69) is 10.3 Å². The molecule has 128 valence electrons. The zero-order valence-corrected chi connectivity index (χ0v) is 15.0. The number of hydrogen-bond donors (Lipinski definition) is 1. The second-order valence-electron chi connectivity index (χ2n) is 6.03. The molecule has 0 unspecified atom stereocenters. The maximum atomic E-state index is 5.96. The van der Waals surface area contributed by atoms with Gasteiger partial charge in [0.2, 0.25) is 0 Å². The third-order valence-electron chi connectivity index (χ3n) is 4.22. The van der Waals surface area contributed by atoms with Crippen molar-refractivity contribution in [1.82, 2.24) is 15.0 Å². The largest absolute Gasteiger partial charge is 0.365 e. The highest BCUT2D eigenvalue weighted by atomic mass is 35.5. The summed E-state index contributed by atoms with van der Waals surface area (Å²) in [5, 5.41) is 5.16. The van der Waals surface area contributed by atoms with E-state index in [1.807, 2.05) is 67.6 Å². The molecule has 5 heteroatoms. The number of nitrogens with zero attached hydrogens (tertiary/aromatic N) is 3. The Balaban J connectivity index is 1.75. The lowest BCUT2D eigenvalue weighted by atomic mass is 10.1. The van der Waals surface area contributed by atoms with Crippen LogP contribution in [0.15, 0.2) is 66.9 Å². The maximum Gasteiger partial charge on any atom is 0.163 e. The number of hydrogen-bond acceptors (Lipinski definition) is 4. The molecule has 0 aliphatic carbocycles. The molecule has 4 rings (SSSR count). The number of aryl methyl sites for hydroxylation is 1. The lowest BCUT2D eigenvalue weighted by Gasteiger charge is -2.12. The maximum absolute atomic E-state index is 5.96. The number of pyridine rings is 1. The Kier molecular flexibility index (Phi) is 4.50. The summed E-state index contributed by atoms with van der Waals surface area (Å²) in [5.74, 6) is 1.48. The van der Waals surface area contributed by atoms with Gasteiger partial charge in [0, 0.05) is 34.4 Å². The first kappa shape index (κ1) is 16.5. The summed E-state index contributed by atoms with van der Waals surface area (Å²) in [6.07, 6.45) is 1.78. The Morgan fingerprint density at radius 2 is 1.73 bits per heavy atom. The molecule has 26 heavy (non-hydrogen) atoms. The molecule has 1 N–H and O–H groups in total. The van der Waals surface area contributed by atoms with Crippen molar-refractivity contribution in [2.75, 3.05) is 5.32 Å². The van der Waals surface area contributed by atoms with Crippen molar-refractivity contribution in [3.8, 4) is 11.4 Å². The number of anilines is 1. The van der Waals surface area contributed by atoms with Gasteiger partial charge < -0.3 is 5.32 Å². The summed E-state index contributed by atoms with van der Waals surface area (Å²) in [6.45, 7) is 2.62. The highest BCUT2D eigenvalue weighted by Gasteiger charge is 2.11. The molecule has 0 radical (unpaired) electrons. The van der Waals surface area contributed by atoms with E-state index in [0.717, 1.165) is 38.6 Å². The molecule has 2 aromatic carbocycles. The minimum absolute atomic E-state index is 0.656. The molecule has 0 saturated carbocycles. The third kappa shape index (κ3) is 3.37. The monoisotopic (exact) mass is 360 g/mol. The van der Waals surface area contributed by atoms with E-state index in [1.54, 1.807) is 6.20 Å². The predicted molar refractivity (Wildman–Crippen MR) is 106 cm³/mol. The lowest BCUT2D eigenvalue weighted by Crippen LogP contribution is -2.04. The lowest BCUT2D eigenvalue weighted by molar-refractivity contribution is 1.10. The van der Waals surface area contributed by atoms with Crippen molar-refractivity contribution in [2.24, 2.45) is 0 Å². The van der Waals surface area contributed by atoms with Gasteiger partial charge in [-0.15, -0.1) is 0 Å². The standard InChI is InChI=1S/C21H17ClN4/c1-14-17(6-4-12-23-14)21-25-19-7-3-2-5-18(19)20(26-21)24-13-15-8-10-16(22)11-9-15/h2-12H,13H2,1H3,(H,24,25,26). The second kappa shape index (κ2) is 7.10. The Bertz CT molecular complexity index is 1060. The van der Waals surface area contributed by atoms with Crippen LogP contribution in [-0.2, 0) is 6.54 Å². The summed E-state index contributed by atoms with van der Waals surface area (Å²) < 4.78 is 0. The summed E-state index contributed by atoms with van der Waals surface area (Å²) >= 11 is 5.96. The number of nitrogens with one attached hydrogen (secondary N) is 1. The van der Waals surface area contributed by atoms with Gasteiger partial charge in [-0.2, -0.15) is 0 Å². The van der Waals surface area contributed by atoms with E-state index in [9.17, 15) is 0 Å². The quantitative estimate of drug-likeness (QED) is 0.539. The minimum Gasteiger partial charge on any atom is -0.365 e.